The zero-order valence-corrected chi connectivity index (χ0v) is 12.8. The Labute approximate surface area is 135 Å². The Hall–Kier alpha value is -2.69. The van der Waals surface area contributed by atoms with Crippen LogP contribution in [0.1, 0.15) is 12.1 Å². The number of hydrogen-bond acceptors (Lipinski definition) is 5. The average Bonchev–Trinajstić information content (AvgIpc) is 3.26. The van der Waals surface area contributed by atoms with Gasteiger partial charge in [0.1, 0.15) is 0 Å². The average molecular weight is 306 g/mol. The first-order valence-electron chi connectivity index (χ1n) is 7.92. The van der Waals surface area contributed by atoms with Crippen molar-refractivity contribution < 1.29 is 4.52 Å². The van der Waals surface area contributed by atoms with Crippen LogP contribution in [-0.2, 0) is 6.42 Å². The van der Waals surface area contributed by atoms with Crippen molar-refractivity contribution in [2.24, 2.45) is 5.92 Å². The molecule has 4 rings (SSSR count). The zero-order valence-electron chi connectivity index (χ0n) is 12.8. The van der Waals surface area contributed by atoms with Gasteiger partial charge >= 0.3 is 6.01 Å². The summed E-state index contributed by atoms with van der Waals surface area (Å²) in [6.07, 6.45) is 3.98. The number of nitrogens with zero attached hydrogens (tertiary/aromatic N) is 4. The SMILES string of the molecule is c1ccc(-c2noc(N3CCC(Cc4ccccn4)C3)n2)cc1. The summed E-state index contributed by atoms with van der Waals surface area (Å²) in [5, 5.41) is 4.10. The predicted octanol–water partition coefficient (Wildman–Crippen LogP) is 3.20. The molecule has 116 valence electrons. The molecule has 2 aromatic heterocycles. The van der Waals surface area contributed by atoms with Crippen LogP contribution < -0.4 is 4.90 Å². The van der Waals surface area contributed by atoms with Crippen LogP contribution in [0.25, 0.3) is 11.4 Å². The summed E-state index contributed by atoms with van der Waals surface area (Å²) in [6.45, 7) is 1.89. The molecule has 0 aliphatic carbocycles. The number of benzene rings is 1. The second-order valence-corrected chi connectivity index (χ2v) is 5.89. The Bertz CT molecular complexity index is 757. The Kier molecular flexibility index (Phi) is 3.76. The van der Waals surface area contributed by atoms with Gasteiger partial charge in [0, 0.05) is 30.5 Å². The number of rotatable bonds is 4. The molecule has 5 nitrogen and oxygen atoms in total. The lowest BCUT2D eigenvalue weighted by atomic mass is 10.0. The molecular formula is C18H18N4O. The van der Waals surface area contributed by atoms with Crippen LogP contribution >= 0.6 is 0 Å². The molecule has 0 N–H and O–H groups in total. The van der Waals surface area contributed by atoms with E-state index >= 15 is 0 Å². The third kappa shape index (κ3) is 3.08. The molecule has 3 aromatic rings. The van der Waals surface area contributed by atoms with E-state index in [0.29, 0.717) is 17.8 Å². The van der Waals surface area contributed by atoms with Gasteiger partial charge in [-0.25, -0.2) is 0 Å². The van der Waals surface area contributed by atoms with Crippen molar-refractivity contribution in [1.82, 2.24) is 15.1 Å². The van der Waals surface area contributed by atoms with E-state index in [1.165, 1.54) is 0 Å². The number of anilines is 1. The Morgan fingerprint density at radius 2 is 1.96 bits per heavy atom. The lowest BCUT2D eigenvalue weighted by Crippen LogP contribution is -2.20. The van der Waals surface area contributed by atoms with Gasteiger partial charge in [0.05, 0.1) is 0 Å². The topological polar surface area (TPSA) is 55.1 Å². The van der Waals surface area contributed by atoms with Crippen LogP contribution in [0.5, 0.6) is 0 Å². The monoisotopic (exact) mass is 306 g/mol. The second-order valence-electron chi connectivity index (χ2n) is 5.89. The highest BCUT2D eigenvalue weighted by atomic mass is 16.5. The summed E-state index contributed by atoms with van der Waals surface area (Å²) in [6, 6.07) is 16.6. The van der Waals surface area contributed by atoms with Gasteiger partial charge in [-0.15, -0.1) is 0 Å². The molecule has 5 heteroatoms. The van der Waals surface area contributed by atoms with Gasteiger partial charge in [-0.1, -0.05) is 41.6 Å². The molecule has 0 saturated carbocycles. The maximum Gasteiger partial charge on any atom is 0.324 e. The normalized spacial score (nSPS) is 17.6. The molecule has 1 unspecified atom stereocenters. The van der Waals surface area contributed by atoms with Crippen molar-refractivity contribution in [1.29, 1.82) is 0 Å². The molecule has 1 fully saturated rings. The minimum absolute atomic E-state index is 0.581. The lowest BCUT2D eigenvalue weighted by Gasteiger charge is -2.12. The molecule has 1 aliphatic rings. The Morgan fingerprint density at radius 1 is 1.09 bits per heavy atom. The summed E-state index contributed by atoms with van der Waals surface area (Å²) in [5.74, 6) is 1.23. The molecule has 0 spiro atoms. The van der Waals surface area contributed by atoms with Gasteiger partial charge in [0.15, 0.2) is 0 Å². The van der Waals surface area contributed by atoms with Crippen LogP contribution in [-0.4, -0.2) is 28.2 Å². The molecule has 1 atom stereocenters. The fourth-order valence-corrected chi connectivity index (χ4v) is 3.04. The van der Waals surface area contributed by atoms with Gasteiger partial charge in [-0.3, -0.25) is 4.98 Å². The van der Waals surface area contributed by atoms with Gasteiger partial charge in [-0.05, 0) is 30.9 Å². The highest BCUT2D eigenvalue weighted by Crippen LogP contribution is 2.26. The number of hydrogen-bond donors (Lipinski definition) is 0. The first kappa shape index (κ1) is 13.9. The third-order valence-corrected chi connectivity index (χ3v) is 4.23. The highest BCUT2D eigenvalue weighted by molar-refractivity contribution is 5.55. The van der Waals surface area contributed by atoms with E-state index in [2.05, 4.69) is 26.1 Å². The molecule has 23 heavy (non-hydrogen) atoms. The summed E-state index contributed by atoms with van der Waals surface area (Å²) in [4.78, 5) is 11.1. The largest absolute Gasteiger partial charge is 0.324 e. The molecule has 1 aromatic carbocycles. The first-order valence-corrected chi connectivity index (χ1v) is 7.92. The maximum absolute atomic E-state index is 5.45. The van der Waals surface area contributed by atoms with Crippen molar-refractivity contribution in [2.75, 3.05) is 18.0 Å². The van der Waals surface area contributed by atoms with Gasteiger partial charge in [0.2, 0.25) is 5.82 Å². The quantitative estimate of drug-likeness (QED) is 0.741. The van der Waals surface area contributed by atoms with Crippen molar-refractivity contribution in [3.05, 3.63) is 60.4 Å². The van der Waals surface area contributed by atoms with E-state index in [9.17, 15) is 0 Å². The molecule has 1 aliphatic heterocycles. The fraction of sp³-hybridized carbons (Fsp3) is 0.278. The van der Waals surface area contributed by atoms with E-state index in [0.717, 1.165) is 37.2 Å². The molecule has 1 saturated heterocycles. The highest BCUT2D eigenvalue weighted by Gasteiger charge is 2.26. The minimum atomic E-state index is 0.581. The fourth-order valence-electron chi connectivity index (χ4n) is 3.04. The summed E-state index contributed by atoms with van der Waals surface area (Å²) < 4.78 is 5.45. The molecule has 0 bridgehead atoms. The van der Waals surface area contributed by atoms with E-state index < -0.39 is 0 Å². The summed E-state index contributed by atoms with van der Waals surface area (Å²) in [5.41, 5.74) is 2.13. The van der Waals surface area contributed by atoms with Crippen LogP contribution in [0.15, 0.2) is 59.3 Å². The zero-order chi connectivity index (χ0) is 15.5. The van der Waals surface area contributed by atoms with Crippen molar-refractivity contribution in [2.45, 2.75) is 12.8 Å². The first-order chi connectivity index (χ1) is 11.4. The summed E-state index contributed by atoms with van der Waals surface area (Å²) in [7, 11) is 0. The van der Waals surface area contributed by atoms with Crippen LogP contribution in [0.3, 0.4) is 0 Å². The van der Waals surface area contributed by atoms with E-state index in [1.807, 2.05) is 48.7 Å². The number of aromatic nitrogens is 3. The van der Waals surface area contributed by atoms with Crippen LogP contribution in [0.2, 0.25) is 0 Å². The van der Waals surface area contributed by atoms with Crippen molar-refractivity contribution >= 4 is 6.01 Å². The number of pyridine rings is 1. The van der Waals surface area contributed by atoms with E-state index in [1.54, 1.807) is 0 Å². The Morgan fingerprint density at radius 3 is 2.78 bits per heavy atom. The second kappa shape index (κ2) is 6.20. The summed E-state index contributed by atoms with van der Waals surface area (Å²) >= 11 is 0. The third-order valence-electron chi connectivity index (χ3n) is 4.23. The van der Waals surface area contributed by atoms with Gasteiger partial charge < -0.3 is 9.42 Å². The molecular weight excluding hydrogens is 288 g/mol. The van der Waals surface area contributed by atoms with Crippen molar-refractivity contribution in [3.8, 4) is 11.4 Å². The van der Waals surface area contributed by atoms with E-state index in [-0.39, 0.29) is 0 Å². The smallest absolute Gasteiger partial charge is 0.324 e. The Balaban J connectivity index is 1.43. The lowest BCUT2D eigenvalue weighted by molar-refractivity contribution is 0.417. The maximum atomic E-state index is 5.45. The predicted molar refractivity (Wildman–Crippen MR) is 88.0 cm³/mol. The van der Waals surface area contributed by atoms with E-state index in [4.69, 9.17) is 4.52 Å². The van der Waals surface area contributed by atoms with Crippen LogP contribution in [0.4, 0.5) is 6.01 Å². The molecule has 0 radical (unpaired) electrons. The minimum Gasteiger partial charge on any atom is -0.324 e. The van der Waals surface area contributed by atoms with Gasteiger partial charge in [-0.2, -0.15) is 4.98 Å². The van der Waals surface area contributed by atoms with Crippen molar-refractivity contribution in [3.63, 3.8) is 0 Å². The van der Waals surface area contributed by atoms with Crippen LogP contribution in [0, 0.1) is 5.92 Å². The van der Waals surface area contributed by atoms with Gasteiger partial charge in [0.25, 0.3) is 0 Å². The standard InChI is InChI=1S/C18H18N4O/c1-2-6-15(7-3-1)17-20-18(23-21-17)22-11-9-14(13-22)12-16-8-4-5-10-19-16/h1-8,10,14H,9,11-13H2. The molecule has 0 amide bonds. The molecule has 3 heterocycles.